The number of aromatic nitrogens is 2. The van der Waals surface area contributed by atoms with E-state index in [0.717, 1.165) is 6.20 Å². The van der Waals surface area contributed by atoms with Gasteiger partial charge in [-0.05, 0) is 20.8 Å². The molecule has 3 N–H and O–H groups in total. The van der Waals surface area contributed by atoms with Crippen LogP contribution in [0.4, 0.5) is 4.39 Å². The topological polar surface area (TPSA) is 114 Å². The van der Waals surface area contributed by atoms with Gasteiger partial charge in [-0.3, -0.25) is 14.3 Å². The molecule has 0 amide bonds. The average Bonchev–Trinajstić information content (AvgIpc) is 2.44. The van der Waals surface area contributed by atoms with Crippen LogP contribution in [-0.4, -0.2) is 50.5 Å². The Morgan fingerprint density at radius 3 is 2.77 bits per heavy atom. The van der Waals surface area contributed by atoms with E-state index in [4.69, 9.17) is 9.47 Å². The molecule has 2 unspecified atom stereocenters. The van der Waals surface area contributed by atoms with E-state index in [-0.39, 0.29) is 12.2 Å². The van der Waals surface area contributed by atoms with Gasteiger partial charge in [0.15, 0.2) is 5.79 Å². The highest BCUT2D eigenvalue weighted by atomic mass is 19.1. The Morgan fingerprint density at radius 2 is 2.14 bits per heavy atom. The largest absolute Gasteiger partial charge is 0.388 e. The maximum Gasteiger partial charge on any atom is 0.330 e. The summed E-state index contributed by atoms with van der Waals surface area (Å²) in [6, 6.07) is 0. The van der Waals surface area contributed by atoms with Gasteiger partial charge >= 0.3 is 5.69 Å². The molecular weight excluding hydrogens is 299 g/mol. The molecule has 1 fully saturated rings. The molecule has 8 nitrogen and oxygen atoms in total. The van der Waals surface area contributed by atoms with Crippen LogP contribution in [-0.2, 0) is 9.47 Å². The number of hydrogen-bond donors (Lipinski definition) is 3. The first-order valence-electron chi connectivity index (χ1n) is 6.76. The molecule has 0 radical (unpaired) electrons. The van der Waals surface area contributed by atoms with Crippen molar-refractivity contribution in [3.63, 3.8) is 0 Å². The maximum absolute atomic E-state index is 14.5. The van der Waals surface area contributed by atoms with Crippen LogP contribution >= 0.6 is 0 Å². The molecule has 22 heavy (non-hydrogen) atoms. The average molecular weight is 318 g/mol. The summed E-state index contributed by atoms with van der Waals surface area (Å²) in [6.07, 6.45) is -5.54. The molecule has 0 aromatic carbocycles. The minimum absolute atomic E-state index is 0.114. The SMILES string of the molecule is Cc1cn([C@H](F)C(O)[C@@H]2OC(C)(C)OCC2O)c(=O)[nH]c1=O. The van der Waals surface area contributed by atoms with Crippen molar-refractivity contribution in [2.45, 2.75) is 51.2 Å². The quantitative estimate of drug-likeness (QED) is 0.671. The molecule has 0 saturated carbocycles. The molecule has 1 aromatic heterocycles. The number of ether oxygens (including phenoxy) is 2. The van der Waals surface area contributed by atoms with Gasteiger partial charge in [-0.1, -0.05) is 0 Å². The number of aliphatic hydroxyl groups excluding tert-OH is 2. The lowest BCUT2D eigenvalue weighted by Crippen LogP contribution is -2.55. The predicted octanol–water partition coefficient (Wildman–Crippen LogP) is -0.814. The summed E-state index contributed by atoms with van der Waals surface area (Å²) in [6.45, 7) is 4.38. The number of aryl methyl sites for hydroxylation is 1. The maximum atomic E-state index is 14.5. The molecule has 0 bridgehead atoms. The van der Waals surface area contributed by atoms with Gasteiger partial charge in [0.1, 0.15) is 18.3 Å². The molecule has 1 aliphatic heterocycles. The summed E-state index contributed by atoms with van der Waals surface area (Å²) in [5.74, 6) is -1.10. The normalized spacial score (nSPS) is 27.4. The van der Waals surface area contributed by atoms with Crippen LogP contribution in [0.5, 0.6) is 0 Å². The van der Waals surface area contributed by atoms with E-state index >= 15 is 0 Å². The number of rotatable bonds is 3. The van der Waals surface area contributed by atoms with E-state index in [1.165, 1.54) is 6.92 Å². The number of aromatic amines is 1. The summed E-state index contributed by atoms with van der Waals surface area (Å²) in [4.78, 5) is 24.9. The highest BCUT2D eigenvalue weighted by Crippen LogP contribution is 2.28. The summed E-state index contributed by atoms with van der Waals surface area (Å²) < 4.78 is 25.5. The zero-order valence-corrected chi connectivity index (χ0v) is 12.4. The van der Waals surface area contributed by atoms with Crippen molar-refractivity contribution in [3.05, 3.63) is 32.6 Å². The molecule has 9 heteroatoms. The predicted molar refractivity (Wildman–Crippen MR) is 73.1 cm³/mol. The highest BCUT2D eigenvalue weighted by Gasteiger charge is 2.43. The fraction of sp³-hybridized carbons (Fsp3) is 0.692. The van der Waals surface area contributed by atoms with Crippen molar-refractivity contribution in [3.8, 4) is 0 Å². The summed E-state index contributed by atoms with van der Waals surface area (Å²) in [5, 5.41) is 19.9. The Morgan fingerprint density at radius 1 is 1.50 bits per heavy atom. The van der Waals surface area contributed by atoms with Gasteiger partial charge in [-0.2, -0.15) is 0 Å². The van der Waals surface area contributed by atoms with Crippen molar-refractivity contribution in [2.75, 3.05) is 6.61 Å². The zero-order chi connectivity index (χ0) is 16.7. The van der Waals surface area contributed by atoms with Gasteiger partial charge < -0.3 is 19.7 Å². The Balaban J connectivity index is 2.28. The summed E-state index contributed by atoms with van der Waals surface area (Å²) in [7, 11) is 0. The first kappa shape index (κ1) is 16.8. The van der Waals surface area contributed by atoms with E-state index < -0.39 is 41.6 Å². The third-order valence-electron chi connectivity index (χ3n) is 3.43. The van der Waals surface area contributed by atoms with E-state index in [0.29, 0.717) is 4.57 Å². The van der Waals surface area contributed by atoms with Crippen LogP contribution in [0.3, 0.4) is 0 Å². The van der Waals surface area contributed by atoms with Gasteiger partial charge in [-0.25, -0.2) is 9.18 Å². The van der Waals surface area contributed by atoms with Crippen LogP contribution in [0.25, 0.3) is 0 Å². The highest BCUT2D eigenvalue weighted by molar-refractivity contribution is 5.02. The number of alkyl halides is 1. The van der Waals surface area contributed by atoms with Crippen molar-refractivity contribution >= 4 is 0 Å². The first-order chi connectivity index (χ1) is 10.1. The van der Waals surface area contributed by atoms with Crippen LogP contribution in [0.15, 0.2) is 15.8 Å². The Kier molecular flexibility index (Phi) is 4.52. The van der Waals surface area contributed by atoms with E-state index in [9.17, 15) is 24.2 Å². The second-order valence-electron chi connectivity index (χ2n) is 5.70. The number of nitrogens with one attached hydrogen (secondary N) is 1. The molecule has 2 rings (SSSR count). The Bertz CT molecular complexity index is 655. The Labute approximate surface area is 125 Å². The third kappa shape index (κ3) is 3.27. The van der Waals surface area contributed by atoms with E-state index in [1.807, 2.05) is 4.98 Å². The first-order valence-corrected chi connectivity index (χ1v) is 6.76. The lowest BCUT2D eigenvalue weighted by molar-refractivity contribution is -0.324. The molecule has 0 aliphatic carbocycles. The van der Waals surface area contributed by atoms with Gasteiger partial charge in [0.05, 0.1) is 6.61 Å². The number of nitrogens with zero attached hydrogens (tertiary/aromatic N) is 1. The van der Waals surface area contributed by atoms with Crippen LogP contribution in [0, 0.1) is 6.92 Å². The molecular formula is C13H19FN2O6. The fourth-order valence-corrected chi connectivity index (χ4v) is 2.21. The smallest absolute Gasteiger partial charge is 0.330 e. The van der Waals surface area contributed by atoms with Crippen molar-refractivity contribution in [1.82, 2.24) is 9.55 Å². The van der Waals surface area contributed by atoms with Crippen molar-refractivity contribution < 1.29 is 24.1 Å². The van der Waals surface area contributed by atoms with Crippen LogP contribution in [0.2, 0.25) is 0 Å². The van der Waals surface area contributed by atoms with Gasteiger partial charge in [0, 0.05) is 11.8 Å². The molecule has 124 valence electrons. The van der Waals surface area contributed by atoms with E-state index in [1.54, 1.807) is 13.8 Å². The number of halogens is 1. The van der Waals surface area contributed by atoms with Gasteiger partial charge in [0.25, 0.3) is 5.56 Å². The van der Waals surface area contributed by atoms with Crippen molar-refractivity contribution in [1.29, 1.82) is 0 Å². The fourth-order valence-electron chi connectivity index (χ4n) is 2.21. The van der Waals surface area contributed by atoms with Crippen LogP contribution < -0.4 is 11.2 Å². The number of H-pyrrole nitrogens is 1. The molecule has 1 aliphatic rings. The number of hydrogen-bond acceptors (Lipinski definition) is 6. The molecule has 0 spiro atoms. The molecule has 1 aromatic rings. The molecule has 2 heterocycles. The number of aliphatic hydroxyl groups is 2. The van der Waals surface area contributed by atoms with Gasteiger partial charge in [-0.15, -0.1) is 0 Å². The summed E-state index contributed by atoms with van der Waals surface area (Å²) in [5.41, 5.74) is -1.52. The minimum atomic E-state index is -2.20. The molecule has 1 saturated heterocycles. The Hall–Kier alpha value is -1.55. The van der Waals surface area contributed by atoms with E-state index in [2.05, 4.69) is 0 Å². The lowest BCUT2D eigenvalue weighted by atomic mass is 10.1. The van der Waals surface area contributed by atoms with Crippen molar-refractivity contribution in [2.24, 2.45) is 0 Å². The zero-order valence-electron chi connectivity index (χ0n) is 12.4. The standard InChI is InChI=1S/C13H19FN2O6/c1-6-4-16(12(20)15-11(6)19)10(14)8(18)9-7(17)5-21-13(2,3)22-9/h4,7-10,17-18H,5H2,1-3H3,(H,15,19,20)/t7?,8?,9-,10+/m1/s1. The lowest BCUT2D eigenvalue weighted by Gasteiger charge is -2.41. The summed E-state index contributed by atoms with van der Waals surface area (Å²) >= 11 is 0. The minimum Gasteiger partial charge on any atom is -0.388 e. The van der Waals surface area contributed by atoms with Gasteiger partial charge in [0.2, 0.25) is 6.30 Å². The molecule has 4 atom stereocenters. The second kappa shape index (κ2) is 5.92. The van der Waals surface area contributed by atoms with Crippen LogP contribution in [0.1, 0.15) is 25.7 Å². The third-order valence-corrected chi connectivity index (χ3v) is 3.43. The second-order valence-corrected chi connectivity index (χ2v) is 5.70. The monoisotopic (exact) mass is 318 g/mol.